The Labute approximate surface area is 123 Å². The second-order valence-corrected chi connectivity index (χ2v) is 5.09. The summed E-state index contributed by atoms with van der Waals surface area (Å²) in [4.78, 5) is 38.4. The van der Waals surface area contributed by atoms with Gasteiger partial charge in [0.05, 0.1) is 0 Å². The third kappa shape index (κ3) is 3.04. The van der Waals surface area contributed by atoms with Crippen molar-refractivity contribution in [2.24, 2.45) is 0 Å². The van der Waals surface area contributed by atoms with Crippen LogP contribution in [0, 0.1) is 13.8 Å². The Kier molecular flexibility index (Phi) is 4.26. The van der Waals surface area contributed by atoms with Gasteiger partial charge < -0.3 is 10.2 Å². The van der Waals surface area contributed by atoms with E-state index in [1.165, 1.54) is 4.90 Å². The van der Waals surface area contributed by atoms with Gasteiger partial charge in [-0.15, -0.1) is 0 Å². The minimum Gasteiger partial charge on any atom is -0.333 e. The smallest absolute Gasteiger partial charge is 0.329 e. The molecule has 0 unspecified atom stereocenters. The maximum Gasteiger partial charge on any atom is 0.329 e. The molecule has 1 aromatic carbocycles. The minimum atomic E-state index is -0.772. The molecule has 2 rings (SSSR count). The molecule has 0 aliphatic carbocycles. The lowest BCUT2D eigenvalue weighted by atomic mass is 10.1. The van der Waals surface area contributed by atoms with Crippen LogP contribution in [0.3, 0.4) is 0 Å². The molecule has 1 heterocycles. The van der Waals surface area contributed by atoms with Crippen LogP contribution in [0.25, 0.3) is 0 Å². The van der Waals surface area contributed by atoms with Crippen molar-refractivity contribution >= 4 is 23.5 Å². The lowest BCUT2D eigenvalue weighted by molar-refractivity contribution is -0.153. The monoisotopic (exact) mass is 289 g/mol. The van der Waals surface area contributed by atoms with Crippen LogP contribution in [0.4, 0.5) is 10.5 Å². The van der Waals surface area contributed by atoms with Gasteiger partial charge in [0.15, 0.2) is 0 Å². The zero-order chi connectivity index (χ0) is 15.6. The second kappa shape index (κ2) is 5.95. The highest BCUT2D eigenvalue weighted by Crippen LogP contribution is 2.17. The summed E-state index contributed by atoms with van der Waals surface area (Å²) in [6.45, 7) is 6.66. The number of rotatable bonds is 2. The van der Waals surface area contributed by atoms with Crippen LogP contribution in [-0.2, 0) is 9.59 Å². The molecule has 0 bridgehead atoms. The molecule has 0 aromatic heterocycles. The number of carbonyl (C=O) groups is 3. The standard InChI is InChI=1S/C15H19N3O3/c1-4-17-7-8-18(14(20)13(17)19)15(21)16-12-9-10(2)5-6-11(12)3/h5-6,9H,4,7-8H2,1-3H3,(H,16,21). The summed E-state index contributed by atoms with van der Waals surface area (Å²) < 4.78 is 0. The number of aryl methyl sites for hydroxylation is 2. The van der Waals surface area contributed by atoms with Crippen LogP contribution in [0.15, 0.2) is 18.2 Å². The van der Waals surface area contributed by atoms with Crippen molar-refractivity contribution in [3.63, 3.8) is 0 Å². The quantitative estimate of drug-likeness (QED) is 0.839. The second-order valence-electron chi connectivity index (χ2n) is 5.09. The third-order valence-corrected chi connectivity index (χ3v) is 3.57. The van der Waals surface area contributed by atoms with Gasteiger partial charge >= 0.3 is 17.8 Å². The number of carbonyl (C=O) groups excluding carboxylic acids is 3. The van der Waals surface area contributed by atoms with Gasteiger partial charge in [0.2, 0.25) is 0 Å². The summed E-state index contributed by atoms with van der Waals surface area (Å²) in [6, 6.07) is 5.12. The summed E-state index contributed by atoms with van der Waals surface area (Å²) in [5.74, 6) is -1.40. The van der Waals surface area contributed by atoms with Crippen molar-refractivity contribution in [1.29, 1.82) is 0 Å². The highest BCUT2D eigenvalue weighted by molar-refractivity contribution is 6.38. The van der Waals surface area contributed by atoms with Crippen LogP contribution < -0.4 is 5.32 Å². The number of hydrogen-bond acceptors (Lipinski definition) is 3. The molecule has 0 atom stereocenters. The van der Waals surface area contributed by atoms with E-state index in [9.17, 15) is 14.4 Å². The zero-order valence-corrected chi connectivity index (χ0v) is 12.5. The molecule has 6 nitrogen and oxygen atoms in total. The molecule has 6 heteroatoms. The summed E-state index contributed by atoms with van der Waals surface area (Å²) in [5.41, 5.74) is 2.56. The minimum absolute atomic E-state index is 0.217. The van der Waals surface area contributed by atoms with E-state index in [1.807, 2.05) is 32.0 Å². The molecular weight excluding hydrogens is 270 g/mol. The van der Waals surface area contributed by atoms with Crippen molar-refractivity contribution in [2.75, 3.05) is 25.0 Å². The van der Waals surface area contributed by atoms with Gasteiger partial charge in [-0.1, -0.05) is 12.1 Å². The van der Waals surface area contributed by atoms with E-state index in [2.05, 4.69) is 5.32 Å². The number of urea groups is 1. The van der Waals surface area contributed by atoms with Crippen LogP contribution in [-0.4, -0.2) is 47.3 Å². The third-order valence-electron chi connectivity index (χ3n) is 3.57. The van der Waals surface area contributed by atoms with Crippen molar-refractivity contribution in [2.45, 2.75) is 20.8 Å². The zero-order valence-electron chi connectivity index (χ0n) is 12.5. The van der Waals surface area contributed by atoms with E-state index in [0.29, 0.717) is 18.8 Å². The van der Waals surface area contributed by atoms with Crippen molar-refractivity contribution in [3.8, 4) is 0 Å². The first-order valence-electron chi connectivity index (χ1n) is 6.93. The van der Waals surface area contributed by atoms with Crippen LogP contribution in [0.5, 0.6) is 0 Å². The molecule has 1 N–H and O–H groups in total. The molecule has 1 fully saturated rings. The number of piperazine rings is 1. The normalized spacial score (nSPS) is 15.4. The highest BCUT2D eigenvalue weighted by atomic mass is 16.2. The van der Waals surface area contributed by atoms with E-state index in [0.717, 1.165) is 16.0 Å². The number of amides is 4. The molecule has 0 spiro atoms. The van der Waals surface area contributed by atoms with Crippen molar-refractivity contribution in [1.82, 2.24) is 9.80 Å². The van der Waals surface area contributed by atoms with Gasteiger partial charge in [-0.05, 0) is 38.0 Å². The molecular formula is C15H19N3O3. The number of imide groups is 1. The molecule has 0 radical (unpaired) electrons. The van der Waals surface area contributed by atoms with Gasteiger partial charge in [-0.3, -0.25) is 14.5 Å². The predicted octanol–water partition coefficient (Wildman–Crippen LogP) is 1.53. The Morgan fingerprint density at radius 3 is 2.57 bits per heavy atom. The molecule has 1 aromatic rings. The number of hydrogen-bond donors (Lipinski definition) is 1. The number of likely N-dealkylation sites (N-methyl/N-ethyl adjacent to an activating group) is 1. The van der Waals surface area contributed by atoms with Crippen LogP contribution in [0.1, 0.15) is 18.1 Å². The first-order chi connectivity index (χ1) is 9.93. The maximum atomic E-state index is 12.2. The average molecular weight is 289 g/mol. The lowest BCUT2D eigenvalue weighted by Crippen LogP contribution is -2.56. The van der Waals surface area contributed by atoms with E-state index >= 15 is 0 Å². The molecule has 1 saturated heterocycles. The van der Waals surface area contributed by atoms with Crippen molar-refractivity contribution < 1.29 is 14.4 Å². The Morgan fingerprint density at radius 2 is 1.90 bits per heavy atom. The van der Waals surface area contributed by atoms with Gasteiger partial charge in [0.1, 0.15) is 0 Å². The van der Waals surface area contributed by atoms with Gasteiger partial charge in [0.25, 0.3) is 0 Å². The maximum absolute atomic E-state index is 12.2. The van der Waals surface area contributed by atoms with Crippen LogP contribution in [0.2, 0.25) is 0 Å². The molecule has 0 saturated carbocycles. The number of nitrogens with zero attached hydrogens (tertiary/aromatic N) is 2. The summed E-state index contributed by atoms with van der Waals surface area (Å²) >= 11 is 0. The largest absolute Gasteiger partial charge is 0.333 e. The van der Waals surface area contributed by atoms with Crippen LogP contribution >= 0.6 is 0 Å². The number of anilines is 1. The predicted molar refractivity (Wildman–Crippen MR) is 78.9 cm³/mol. The SMILES string of the molecule is CCN1CCN(C(=O)Nc2cc(C)ccc2C)C(=O)C1=O. The van der Waals surface area contributed by atoms with Gasteiger partial charge in [-0.2, -0.15) is 0 Å². The Balaban J connectivity index is 2.12. The first kappa shape index (κ1) is 15.0. The molecule has 21 heavy (non-hydrogen) atoms. The van der Waals surface area contributed by atoms with E-state index in [-0.39, 0.29) is 6.54 Å². The Bertz CT molecular complexity index is 598. The lowest BCUT2D eigenvalue weighted by Gasteiger charge is -2.31. The molecule has 1 aliphatic rings. The van der Waals surface area contributed by atoms with Crippen molar-refractivity contribution in [3.05, 3.63) is 29.3 Å². The fourth-order valence-electron chi connectivity index (χ4n) is 2.22. The molecule has 4 amide bonds. The summed E-state index contributed by atoms with van der Waals surface area (Å²) in [5, 5.41) is 2.70. The van der Waals surface area contributed by atoms with Gasteiger partial charge in [0, 0.05) is 25.3 Å². The van der Waals surface area contributed by atoms with E-state index < -0.39 is 17.8 Å². The highest BCUT2D eigenvalue weighted by Gasteiger charge is 2.35. The topological polar surface area (TPSA) is 69.7 Å². The van der Waals surface area contributed by atoms with Gasteiger partial charge in [-0.25, -0.2) is 4.79 Å². The summed E-state index contributed by atoms with van der Waals surface area (Å²) in [7, 11) is 0. The summed E-state index contributed by atoms with van der Waals surface area (Å²) in [6.07, 6.45) is 0. The number of nitrogens with one attached hydrogen (secondary N) is 1. The Hall–Kier alpha value is -2.37. The van der Waals surface area contributed by atoms with E-state index in [4.69, 9.17) is 0 Å². The molecule has 112 valence electrons. The fraction of sp³-hybridized carbons (Fsp3) is 0.400. The molecule has 1 aliphatic heterocycles. The first-order valence-corrected chi connectivity index (χ1v) is 6.93. The number of benzene rings is 1. The fourth-order valence-corrected chi connectivity index (χ4v) is 2.22. The van der Waals surface area contributed by atoms with E-state index in [1.54, 1.807) is 6.92 Å². The Morgan fingerprint density at radius 1 is 1.19 bits per heavy atom. The average Bonchev–Trinajstić information content (AvgIpc) is 2.45.